The lowest BCUT2D eigenvalue weighted by atomic mass is 9.96. The number of hydrogen-bond donors (Lipinski definition) is 2. The minimum atomic E-state index is -0.514. The van der Waals surface area contributed by atoms with Crippen molar-refractivity contribution in [3.8, 4) is 0 Å². The fourth-order valence-corrected chi connectivity index (χ4v) is 3.06. The number of aliphatic imine (C=N–C) groups is 1. The van der Waals surface area contributed by atoms with E-state index in [2.05, 4.69) is 20.5 Å². The Balaban J connectivity index is 0.00000392. The molecule has 0 spiro atoms. The van der Waals surface area contributed by atoms with Crippen LogP contribution in [-0.4, -0.2) is 63.2 Å². The Morgan fingerprint density at radius 3 is 2.68 bits per heavy atom. The largest absolute Gasteiger partial charge is 0.381 e. The van der Waals surface area contributed by atoms with Gasteiger partial charge in [0.1, 0.15) is 5.82 Å². The minimum Gasteiger partial charge on any atom is -0.381 e. The van der Waals surface area contributed by atoms with Gasteiger partial charge >= 0.3 is 0 Å². The van der Waals surface area contributed by atoms with Crippen LogP contribution in [0.4, 0.5) is 4.39 Å². The van der Waals surface area contributed by atoms with E-state index in [1.54, 1.807) is 12.1 Å². The molecule has 0 atom stereocenters. The normalized spacial score (nSPS) is 14.9. The van der Waals surface area contributed by atoms with Gasteiger partial charge in [-0.1, -0.05) is 12.1 Å². The van der Waals surface area contributed by atoms with Crippen molar-refractivity contribution in [2.75, 3.05) is 46.4 Å². The van der Waals surface area contributed by atoms with Crippen molar-refractivity contribution in [1.82, 2.24) is 15.5 Å². The Morgan fingerprint density at radius 2 is 2.00 bits per heavy atom. The molecule has 1 aliphatic heterocycles. The minimum absolute atomic E-state index is 0. The zero-order valence-corrected chi connectivity index (χ0v) is 19.1. The van der Waals surface area contributed by atoms with E-state index in [1.807, 2.05) is 14.0 Å². The molecule has 0 aromatic heterocycles. The number of nitrogens with zero attached hydrogens (tertiary/aromatic N) is 2. The van der Waals surface area contributed by atoms with Gasteiger partial charge in [-0.15, -0.1) is 24.0 Å². The van der Waals surface area contributed by atoms with Crippen LogP contribution in [0.15, 0.2) is 29.3 Å². The Morgan fingerprint density at radius 1 is 1.29 bits per heavy atom. The van der Waals surface area contributed by atoms with E-state index in [-0.39, 0.29) is 29.5 Å². The lowest BCUT2D eigenvalue weighted by Gasteiger charge is -2.26. The molecule has 1 saturated heterocycles. The first kappa shape index (κ1) is 24.6. The van der Waals surface area contributed by atoms with Crippen molar-refractivity contribution in [1.29, 1.82) is 0 Å². The SMILES string of the molecule is CCNC(=NCCNC(=O)c1ccccc1F)N(C)CCC1CCOCC1.I. The highest BCUT2D eigenvalue weighted by Crippen LogP contribution is 2.18. The Hall–Kier alpha value is -1.42. The maximum absolute atomic E-state index is 13.6. The molecule has 0 radical (unpaired) electrons. The molecule has 1 heterocycles. The molecule has 0 saturated carbocycles. The molecule has 0 aliphatic carbocycles. The maximum Gasteiger partial charge on any atom is 0.254 e. The molecular formula is C20H32FIN4O2. The summed E-state index contributed by atoms with van der Waals surface area (Å²) in [5.74, 6) is 0.606. The fourth-order valence-electron chi connectivity index (χ4n) is 3.06. The fraction of sp³-hybridized carbons (Fsp3) is 0.600. The average molecular weight is 506 g/mol. The maximum atomic E-state index is 13.6. The molecule has 0 bridgehead atoms. The highest BCUT2D eigenvalue weighted by atomic mass is 127. The first-order chi connectivity index (χ1) is 13.1. The molecule has 6 nitrogen and oxygen atoms in total. The molecule has 1 fully saturated rings. The topological polar surface area (TPSA) is 66.0 Å². The predicted octanol–water partition coefficient (Wildman–Crippen LogP) is 2.89. The van der Waals surface area contributed by atoms with Crippen LogP contribution in [0.2, 0.25) is 0 Å². The van der Waals surface area contributed by atoms with E-state index in [4.69, 9.17) is 4.74 Å². The van der Waals surface area contributed by atoms with Crippen LogP contribution in [0.25, 0.3) is 0 Å². The third-order valence-electron chi connectivity index (χ3n) is 4.69. The average Bonchev–Trinajstić information content (AvgIpc) is 2.69. The summed E-state index contributed by atoms with van der Waals surface area (Å²) in [5, 5.41) is 5.99. The number of nitrogens with one attached hydrogen (secondary N) is 2. The summed E-state index contributed by atoms with van der Waals surface area (Å²) >= 11 is 0. The number of halogens is 2. The summed E-state index contributed by atoms with van der Waals surface area (Å²) in [7, 11) is 2.03. The summed E-state index contributed by atoms with van der Waals surface area (Å²) in [6.07, 6.45) is 3.38. The van der Waals surface area contributed by atoms with Crippen LogP contribution in [0, 0.1) is 11.7 Å². The van der Waals surface area contributed by atoms with Gasteiger partial charge in [-0.3, -0.25) is 9.79 Å². The van der Waals surface area contributed by atoms with E-state index in [9.17, 15) is 9.18 Å². The molecule has 2 rings (SSSR count). The molecule has 28 heavy (non-hydrogen) atoms. The van der Waals surface area contributed by atoms with Crippen LogP contribution < -0.4 is 10.6 Å². The lowest BCUT2D eigenvalue weighted by molar-refractivity contribution is 0.0625. The summed E-state index contributed by atoms with van der Waals surface area (Å²) < 4.78 is 19.0. The molecule has 1 amide bonds. The molecule has 0 unspecified atom stereocenters. The van der Waals surface area contributed by atoms with Crippen molar-refractivity contribution in [3.05, 3.63) is 35.6 Å². The standard InChI is InChI=1S/C20H31FN4O2.HI/c1-3-22-20(25(2)13-8-16-9-14-27-15-10-16)24-12-11-23-19(26)17-6-4-5-7-18(17)21;/h4-7,16H,3,8-15H2,1-2H3,(H,22,24)(H,23,26);1H. The number of amides is 1. The highest BCUT2D eigenvalue weighted by molar-refractivity contribution is 14.0. The predicted molar refractivity (Wildman–Crippen MR) is 121 cm³/mol. The quantitative estimate of drug-likeness (QED) is 0.247. The van der Waals surface area contributed by atoms with Crippen LogP contribution in [0.1, 0.15) is 36.5 Å². The van der Waals surface area contributed by atoms with Crippen molar-refractivity contribution >= 4 is 35.8 Å². The van der Waals surface area contributed by atoms with Gasteiger partial charge < -0.3 is 20.3 Å². The number of carbonyl (C=O) groups is 1. The van der Waals surface area contributed by atoms with Crippen molar-refractivity contribution in [2.24, 2.45) is 10.9 Å². The van der Waals surface area contributed by atoms with Crippen LogP contribution >= 0.6 is 24.0 Å². The van der Waals surface area contributed by atoms with Gasteiger partial charge in [0.25, 0.3) is 5.91 Å². The van der Waals surface area contributed by atoms with E-state index in [0.717, 1.165) is 51.5 Å². The molecule has 2 N–H and O–H groups in total. The molecule has 1 aliphatic rings. The summed E-state index contributed by atoms with van der Waals surface area (Å²) in [6, 6.07) is 5.97. The molecule has 158 valence electrons. The zero-order valence-electron chi connectivity index (χ0n) is 16.7. The monoisotopic (exact) mass is 506 g/mol. The second-order valence-corrected chi connectivity index (χ2v) is 6.74. The number of carbonyl (C=O) groups excluding carboxylic acids is 1. The van der Waals surface area contributed by atoms with Crippen molar-refractivity contribution < 1.29 is 13.9 Å². The molecule has 8 heteroatoms. The van der Waals surface area contributed by atoms with E-state index < -0.39 is 11.7 Å². The Bertz CT molecular complexity index is 624. The smallest absolute Gasteiger partial charge is 0.254 e. The van der Waals surface area contributed by atoms with E-state index in [1.165, 1.54) is 12.1 Å². The van der Waals surface area contributed by atoms with Gasteiger partial charge in [0, 0.05) is 39.9 Å². The second-order valence-electron chi connectivity index (χ2n) is 6.74. The number of hydrogen-bond acceptors (Lipinski definition) is 3. The highest BCUT2D eigenvalue weighted by Gasteiger charge is 2.15. The summed E-state index contributed by atoms with van der Waals surface area (Å²) in [4.78, 5) is 18.7. The number of ether oxygens (including phenoxy) is 1. The third-order valence-corrected chi connectivity index (χ3v) is 4.69. The molecule has 1 aromatic carbocycles. The van der Waals surface area contributed by atoms with Crippen LogP contribution in [-0.2, 0) is 4.74 Å². The van der Waals surface area contributed by atoms with Gasteiger partial charge in [-0.05, 0) is 44.2 Å². The first-order valence-electron chi connectivity index (χ1n) is 9.71. The van der Waals surface area contributed by atoms with Crippen molar-refractivity contribution in [3.63, 3.8) is 0 Å². The summed E-state index contributed by atoms with van der Waals surface area (Å²) in [5.41, 5.74) is 0.0574. The number of rotatable bonds is 8. The molecule has 1 aromatic rings. The Labute approximate surface area is 184 Å². The van der Waals surface area contributed by atoms with E-state index in [0.29, 0.717) is 19.0 Å². The van der Waals surface area contributed by atoms with Gasteiger partial charge in [-0.2, -0.15) is 0 Å². The Kier molecular flexibility index (Phi) is 12.1. The first-order valence-corrected chi connectivity index (χ1v) is 9.71. The van der Waals surface area contributed by atoms with Gasteiger partial charge in [0.2, 0.25) is 0 Å². The van der Waals surface area contributed by atoms with Gasteiger partial charge in [-0.25, -0.2) is 4.39 Å². The van der Waals surface area contributed by atoms with Gasteiger partial charge in [0.15, 0.2) is 5.96 Å². The number of benzene rings is 1. The summed E-state index contributed by atoms with van der Waals surface area (Å²) in [6.45, 7) is 6.26. The lowest BCUT2D eigenvalue weighted by Crippen LogP contribution is -2.40. The zero-order chi connectivity index (χ0) is 19.5. The number of guanidine groups is 1. The van der Waals surface area contributed by atoms with Crippen molar-refractivity contribution in [2.45, 2.75) is 26.2 Å². The molecular weight excluding hydrogens is 474 g/mol. The van der Waals surface area contributed by atoms with E-state index >= 15 is 0 Å². The van der Waals surface area contributed by atoms with Crippen LogP contribution in [0.5, 0.6) is 0 Å². The third kappa shape index (κ3) is 8.30. The van der Waals surface area contributed by atoms with Gasteiger partial charge in [0.05, 0.1) is 12.1 Å². The van der Waals surface area contributed by atoms with Crippen LogP contribution in [0.3, 0.4) is 0 Å². The second kappa shape index (κ2) is 13.7.